The van der Waals surface area contributed by atoms with E-state index in [2.05, 4.69) is 15.4 Å². The molecule has 25 heavy (non-hydrogen) atoms. The first-order valence-electron chi connectivity index (χ1n) is 7.60. The molecule has 1 atom stereocenters. The zero-order valence-electron chi connectivity index (χ0n) is 13.9. The van der Waals surface area contributed by atoms with Crippen molar-refractivity contribution in [3.63, 3.8) is 0 Å². The molecule has 2 N–H and O–H groups in total. The van der Waals surface area contributed by atoms with E-state index in [1.165, 1.54) is 4.68 Å². The first-order valence-corrected chi connectivity index (χ1v) is 8.35. The van der Waals surface area contributed by atoms with Gasteiger partial charge in [-0.15, -0.1) is 0 Å². The molecule has 0 saturated heterocycles. The van der Waals surface area contributed by atoms with Crippen LogP contribution in [-0.2, 0) is 7.05 Å². The van der Waals surface area contributed by atoms with E-state index in [9.17, 15) is 9.59 Å². The third-order valence-corrected chi connectivity index (χ3v) is 4.72. The van der Waals surface area contributed by atoms with Crippen molar-refractivity contribution < 1.29 is 4.79 Å². The predicted octanol–water partition coefficient (Wildman–Crippen LogP) is 3.37. The number of aromatic nitrogens is 3. The molecule has 3 aromatic rings. The highest BCUT2D eigenvalue weighted by molar-refractivity contribution is 6.42. The van der Waals surface area contributed by atoms with E-state index in [1.807, 2.05) is 6.92 Å². The third kappa shape index (κ3) is 3.27. The molecule has 3 rings (SSSR count). The molecule has 1 amide bonds. The number of carbonyl (C=O) groups excluding carboxylic acids is 1. The van der Waals surface area contributed by atoms with Gasteiger partial charge in [0.05, 0.1) is 27.0 Å². The summed E-state index contributed by atoms with van der Waals surface area (Å²) in [5.74, 6) is -0.356. The van der Waals surface area contributed by atoms with Crippen LogP contribution >= 0.6 is 23.2 Å². The van der Waals surface area contributed by atoms with Crippen molar-refractivity contribution >= 4 is 40.1 Å². The van der Waals surface area contributed by atoms with Gasteiger partial charge in [-0.3, -0.25) is 19.4 Å². The number of hydrogen-bond donors (Lipinski definition) is 2. The maximum Gasteiger partial charge on any atom is 0.274 e. The molecule has 0 aliphatic heterocycles. The predicted molar refractivity (Wildman–Crippen MR) is 98.4 cm³/mol. The SMILES string of the molecule is Cc1cc(C(=O)NC(C)c2ccc(Cl)c(Cl)c2)c2c(=O)[nH]n(C)c2n1. The fourth-order valence-corrected chi connectivity index (χ4v) is 3.01. The number of nitrogens with one attached hydrogen (secondary N) is 2. The Morgan fingerprint density at radius 3 is 2.68 bits per heavy atom. The lowest BCUT2D eigenvalue weighted by molar-refractivity contribution is 0.0941. The Bertz CT molecular complexity index is 1040. The standard InChI is InChI=1S/C17H16Cl2N4O2/c1-8-6-11(14-15(20-8)23(3)22-17(14)25)16(24)21-9(2)10-4-5-12(18)13(19)7-10/h4-7,9H,1-3H3,(H,21,24)(H,22,25). The summed E-state index contributed by atoms with van der Waals surface area (Å²) in [4.78, 5) is 29.2. The van der Waals surface area contributed by atoms with Crippen LogP contribution in [0.1, 0.15) is 34.6 Å². The van der Waals surface area contributed by atoms with Gasteiger partial charge in [0.25, 0.3) is 11.5 Å². The summed E-state index contributed by atoms with van der Waals surface area (Å²) >= 11 is 12.0. The lowest BCUT2D eigenvalue weighted by Crippen LogP contribution is -2.27. The molecule has 1 unspecified atom stereocenters. The molecule has 6 nitrogen and oxygen atoms in total. The Morgan fingerprint density at radius 2 is 2.00 bits per heavy atom. The van der Waals surface area contributed by atoms with Crippen molar-refractivity contribution in [1.29, 1.82) is 0 Å². The summed E-state index contributed by atoms with van der Waals surface area (Å²) in [6, 6.07) is 6.47. The third-order valence-electron chi connectivity index (χ3n) is 3.98. The minimum Gasteiger partial charge on any atom is -0.345 e. The highest BCUT2D eigenvalue weighted by Gasteiger charge is 2.19. The van der Waals surface area contributed by atoms with E-state index in [1.54, 1.807) is 38.2 Å². The number of nitrogens with zero attached hydrogens (tertiary/aromatic N) is 2. The van der Waals surface area contributed by atoms with Gasteiger partial charge in [-0.05, 0) is 37.6 Å². The Hall–Kier alpha value is -2.31. The molecule has 130 valence electrons. The summed E-state index contributed by atoms with van der Waals surface area (Å²) < 4.78 is 1.50. The highest BCUT2D eigenvalue weighted by Crippen LogP contribution is 2.26. The average molecular weight is 379 g/mol. The monoisotopic (exact) mass is 378 g/mol. The molecular weight excluding hydrogens is 363 g/mol. The van der Waals surface area contributed by atoms with Gasteiger partial charge in [-0.2, -0.15) is 0 Å². The Labute approximate surface area is 153 Å². The number of fused-ring (bicyclic) bond motifs is 1. The van der Waals surface area contributed by atoms with Crippen LogP contribution in [0, 0.1) is 6.92 Å². The first kappa shape index (κ1) is 17.5. The summed E-state index contributed by atoms with van der Waals surface area (Å²) in [6.45, 7) is 3.61. The molecule has 0 spiro atoms. The molecule has 8 heteroatoms. The zero-order valence-corrected chi connectivity index (χ0v) is 15.4. The van der Waals surface area contributed by atoms with Crippen LogP contribution in [0.3, 0.4) is 0 Å². The largest absolute Gasteiger partial charge is 0.345 e. The topological polar surface area (TPSA) is 79.8 Å². The minimum absolute atomic E-state index is 0.270. The number of aryl methyl sites for hydroxylation is 2. The van der Waals surface area contributed by atoms with Crippen LogP contribution in [0.4, 0.5) is 0 Å². The van der Waals surface area contributed by atoms with Crippen molar-refractivity contribution in [1.82, 2.24) is 20.1 Å². The van der Waals surface area contributed by atoms with Gasteiger partial charge in [0.1, 0.15) is 0 Å². The smallest absolute Gasteiger partial charge is 0.274 e. The van der Waals surface area contributed by atoms with Gasteiger partial charge in [-0.25, -0.2) is 4.98 Å². The summed E-state index contributed by atoms with van der Waals surface area (Å²) in [5, 5.41) is 6.65. The Kier molecular flexibility index (Phi) is 4.58. The number of rotatable bonds is 3. The zero-order chi connectivity index (χ0) is 18.3. The number of pyridine rings is 1. The lowest BCUT2D eigenvalue weighted by atomic mass is 10.1. The molecule has 1 aromatic carbocycles. The van der Waals surface area contributed by atoms with Gasteiger partial charge in [0.15, 0.2) is 5.65 Å². The number of benzene rings is 1. The summed E-state index contributed by atoms with van der Waals surface area (Å²) in [5.41, 5.74) is 1.84. The van der Waals surface area contributed by atoms with E-state index >= 15 is 0 Å². The molecule has 0 aliphatic rings. The highest BCUT2D eigenvalue weighted by atomic mass is 35.5. The molecule has 0 aliphatic carbocycles. The Morgan fingerprint density at radius 1 is 1.28 bits per heavy atom. The summed E-state index contributed by atoms with van der Waals surface area (Å²) in [7, 11) is 1.68. The number of halogens is 2. The lowest BCUT2D eigenvalue weighted by Gasteiger charge is -2.15. The average Bonchev–Trinajstić information content (AvgIpc) is 2.83. The van der Waals surface area contributed by atoms with Gasteiger partial charge < -0.3 is 5.32 Å². The van der Waals surface area contributed by atoms with Crippen LogP contribution in [0.2, 0.25) is 10.0 Å². The second-order valence-electron chi connectivity index (χ2n) is 5.88. The van der Waals surface area contributed by atoms with Crippen molar-refractivity contribution in [2.24, 2.45) is 7.05 Å². The second kappa shape index (κ2) is 6.54. The first-order chi connectivity index (χ1) is 11.8. The van der Waals surface area contributed by atoms with E-state index in [-0.39, 0.29) is 28.5 Å². The van der Waals surface area contributed by atoms with E-state index < -0.39 is 0 Å². The number of amides is 1. The normalized spacial score (nSPS) is 12.4. The Balaban J connectivity index is 1.97. The number of hydrogen-bond acceptors (Lipinski definition) is 3. The van der Waals surface area contributed by atoms with E-state index in [4.69, 9.17) is 23.2 Å². The molecule has 2 heterocycles. The van der Waals surface area contributed by atoms with Crippen molar-refractivity contribution in [3.8, 4) is 0 Å². The number of aromatic amines is 1. The fraction of sp³-hybridized carbons (Fsp3) is 0.235. The maximum atomic E-state index is 12.7. The van der Waals surface area contributed by atoms with Crippen molar-refractivity contribution in [2.75, 3.05) is 0 Å². The molecule has 0 radical (unpaired) electrons. The van der Waals surface area contributed by atoms with Gasteiger partial charge >= 0.3 is 0 Å². The van der Waals surface area contributed by atoms with Crippen LogP contribution in [0.25, 0.3) is 11.0 Å². The minimum atomic E-state index is -0.356. The van der Waals surface area contributed by atoms with Crippen LogP contribution in [0.15, 0.2) is 29.1 Å². The maximum absolute atomic E-state index is 12.7. The molecule has 0 bridgehead atoms. The van der Waals surface area contributed by atoms with Crippen LogP contribution in [0.5, 0.6) is 0 Å². The quantitative estimate of drug-likeness (QED) is 0.732. The van der Waals surface area contributed by atoms with Crippen LogP contribution < -0.4 is 10.9 Å². The van der Waals surface area contributed by atoms with Crippen molar-refractivity contribution in [3.05, 3.63) is 61.5 Å². The van der Waals surface area contributed by atoms with Gasteiger partial charge in [0.2, 0.25) is 0 Å². The van der Waals surface area contributed by atoms with Crippen LogP contribution in [-0.4, -0.2) is 20.7 Å². The van der Waals surface area contributed by atoms with Gasteiger partial charge in [0, 0.05) is 12.7 Å². The van der Waals surface area contributed by atoms with E-state index in [0.29, 0.717) is 21.4 Å². The molecule has 0 saturated carbocycles. The van der Waals surface area contributed by atoms with Crippen molar-refractivity contribution in [2.45, 2.75) is 19.9 Å². The second-order valence-corrected chi connectivity index (χ2v) is 6.69. The van der Waals surface area contributed by atoms with E-state index in [0.717, 1.165) is 5.56 Å². The summed E-state index contributed by atoms with van der Waals surface area (Å²) in [6.07, 6.45) is 0. The number of carbonyl (C=O) groups is 1. The van der Waals surface area contributed by atoms with Gasteiger partial charge in [-0.1, -0.05) is 29.3 Å². The number of H-pyrrole nitrogens is 1. The molecule has 2 aromatic heterocycles. The fourth-order valence-electron chi connectivity index (χ4n) is 2.70. The molecule has 0 fully saturated rings. The molecular formula is C17H16Cl2N4O2.